The van der Waals surface area contributed by atoms with Gasteiger partial charge in [-0.2, -0.15) is 5.26 Å². The van der Waals surface area contributed by atoms with E-state index in [2.05, 4.69) is 17.0 Å². The Balaban J connectivity index is 1.30. The predicted octanol–water partition coefficient (Wildman–Crippen LogP) is 3.53. The molecule has 1 saturated heterocycles. The van der Waals surface area contributed by atoms with Crippen molar-refractivity contribution in [2.24, 2.45) is 5.92 Å². The van der Waals surface area contributed by atoms with E-state index >= 15 is 0 Å². The van der Waals surface area contributed by atoms with E-state index in [-0.39, 0.29) is 5.92 Å². The predicted molar refractivity (Wildman–Crippen MR) is 100 cm³/mol. The lowest BCUT2D eigenvalue weighted by Crippen LogP contribution is -2.49. The second kappa shape index (κ2) is 7.42. The molecule has 0 bridgehead atoms. The molecule has 0 unspecified atom stereocenters. The largest absolute Gasteiger partial charge is 0.489 e. The average molecular weight is 362 g/mol. The fraction of sp³-hybridized carbons (Fsp3) is 0.364. The third kappa shape index (κ3) is 4.12. The molecule has 27 heavy (non-hydrogen) atoms. The van der Waals surface area contributed by atoms with Crippen LogP contribution in [-0.4, -0.2) is 29.1 Å². The molecule has 1 heterocycles. The van der Waals surface area contributed by atoms with Crippen LogP contribution in [-0.2, 0) is 17.9 Å². The van der Waals surface area contributed by atoms with Crippen LogP contribution < -0.4 is 4.74 Å². The maximum Gasteiger partial charge on any atom is 0.309 e. The molecule has 4 rings (SSSR count). The molecule has 0 spiro atoms. The van der Waals surface area contributed by atoms with E-state index in [4.69, 9.17) is 9.84 Å². The molecule has 1 N–H and O–H groups in total. The van der Waals surface area contributed by atoms with E-state index in [0.29, 0.717) is 25.6 Å². The molecule has 2 aromatic rings. The fourth-order valence-corrected chi connectivity index (χ4v) is 3.51. The summed E-state index contributed by atoms with van der Waals surface area (Å²) in [6.07, 6.45) is 2.37. The van der Waals surface area contributed by atoms with Crippen LogP contribution in [0.5, 0.6) is 5.75 Å². The van der Waals surface area contributed by atoms with Crippen LogP contribution in [0.3, 0.4) is 0 Å². The standard InChI is InChI=1S/C22H22N2O3/c23-10-18-9-16(3-8-21(18)17-4-5-17)14-27-20-6-1-15(2-7-20)11-24-12-19(13-24)22(25)26/h1-3,6-9,17,19H,4-5,11-14H2,(H,25,26). The summed E-state index contributed by atoms with van der Waals surface area (Å²) in [6, 6.07) is 16.3. The van der Waals surface area contributed by atoms with Crippen molar-refractivity contribution in [1.29, 1.82) is 5.26 Å². The Labute approximate surface area is 158 Å². The number of benzene rings is 2. The molecule has 0 amide bonds. The molecule has 2 aromatic carbocycles. The van der Waals surface area contributed by atoms with Crippen molar-refractivity contribution < 1.29 is 14.6 Å². The second-order valence-electron chi connectivity index (χ2n) is 7.47. The summed E-state index contributed by atoms with van der Waals surface area (Å²) in [6.45, 7) is 2.43. The highest BCUT2D eigenvalue weighted by molar-refractivity contribution is 5.71. The number of nitrogens with zero attached hydrogens (tertiary/aromatic N) is 2. The molecule has 2 fully saturated rings. The first kappa shape index (κ1) is 17.6. The van der Waals surface area contributed by atoms with Crippen LogP contribution in [0.4, 0.5) is 0 Å². The Morgan fingerprint density at radius 2 is 1.85 bits per heavy atom. The maximum absolute atomic E-state index is 10.8. The third-order valence-electron chi connectivity index (χ3n) is 5.30. The van der Waals surface area contributed by atoms with Gasteiger partial charge >= 0.3 is 5.97 Å². The van der Waals surface area contributed by atoms with Gasteiger partial charge in [0.1, 0.15) is 12.4 Å². The van der Waals surface area contributed by atoms with Crippen molar-refractivity contribution in [3.63, 3.8) is 0 Å². The second-order valence-corrected chi connectivity index (χ2v) is 7.47. The molecule has 1 aliphatic heterocycles. The maximum atomic E-state index is 10.8. The van der Waals surface area contributed by atoms with Gasteiger partial charge in [0.2, 0.25) is 0 Å². The van der Waals surface area contributed by atoms with E-state index in [1.54, 1.807) is 0 Å². The molecule has 5 heteroatoms. The summed E-state index contributed by atoms with van der Waals surface area (Å²) in [5.41, 5.74) is 4.08. The first-order chi connectivity index (χ1) is 13.1. The van der Waals surface area contributed by atoms with Gasteiger partial charge in [-0.15, -0.1) is 0 Å². The van der Waals surface area contributed by atoms with Gasteiger partial charge < -0.3 is 9.84 Å². The lowest BCUT2D eigenvalue weighted by molar-refractivity contribution is -0.147. The number of hydrogen-bond donors (Lipinski definition) is 1. The van der Waals surface area contributed by atoms with Gasteiger partial charge in [0, 0.05) is 19.6 Å². The quantitative estimate of drug-likeness (QED) is 0.816. The molecule has 138 valence electrons. The topological polar surface area (TPSA) is 73.6 Å². The van der Waals surface area contributed by atoms with Crippen molar-refractivity contribution in [3.8, 4) is 11.8 Å². The minimum absolute atomic E-state index is 0.225. The number of ether oxygens (including phenoxy) is 1. The molecule has 0 atom stereocenters. The summed E-state index contributed by atoms with van der Waals surface area (Å²) in [4.78, 5) is 13.0. The van der Waals surface area contributed by atoms with E-state index < -0.39 is 5.97 Å². The van der Waals surface area contributed by atoms with Gasteiger partial charge in [0.05, 0.1) is 17.6 Å². The van der Waals surface area contributed by atoms with Gasteiger partial charge in [-0.1, -0.05) is 24.3 Å². The molecule has 2 aliphatic rings. The van der Waals surface area contributed by atoms with Crippen LogP contribution in [0.25, 0.3) is 0 Å². The van der Waals surface area contributed by atoms with Crippen molar-refractivity contribution in [3.05, 3.63) is 64.7 Å². The molecule has 1 aliphatic carbocycles. The Morgan fingerprint density at radius 1 is 1.15 bits per heavy atom. The number of likely N-dealkylation sites (tertiary alicyclic amines) is 1. The van der Waals surface area contributed by atoms with Crippen molar-refractivity contribution in [1.82, 2.24) is 4.90 Å². The first-order valence-corrected chi connectivity index (χ1v) is 9.32. The lowest BCUT2D eigenvalue weighted by Gasteiger charge is -2.36. The van der Waals surface area contributed by atoms with Crippen LogP contribution in [0.1, 0.15) is 41.0 Å². The smallest absolute Gasteiger partial charge is 0.309 e. The minimum atomic E-state index is -0.709. The molecular weight excluding hydrogens is 340 g/mol. The van der Waals surface area contributed by atoms with E-state index in [1.165, 1.54) is 18.4 Å². The Hall–Kier alpha value is -2.84. The summed E-state index contributed by atoms with van der Waals surface area (Å²) in [5.74, 6) is 0.423. The molecule has 1 saturated carbocycles. The zero-order valence-electron chi connectivity index (χ0n) is 15.1. The highest BCUT2D eigenvalue weighted by Crippen LogP contribution is 2.41. The van der Waals surface area contributed by atoms with E-state index in [1.807, 2.05) is 36.4 Å². The number of rotatable bonds is 7. The Morgan fingerprint density at radius 3 is 2.48 bits per heavy atom. The lowest BCUT2D eigenvalue weighted by atomic mass is 10.00. The van der Waals surface area contributed by atoms with Crippen molar-refractivity contribution >= 4 is 5.97 Å². The summed E-state index contributed by atoms with van der Waals surface area (Å²) in [7, 11) is 0. The van der Waals surface area contributed by atoms with Crippen molar-refractivity contribution in [2.75, 3.05) is 13.1 Å². The molecule has 0 radical (unpaired) electrons. The van der Waals surface area contributed by atoms with Gasteiger partial charge in [0.25, 0.3) is 0 Å². The number of hydrogen-bond acceptors (Lipinski definition) is 4. The van der Waals surface area contributed by atoms with Gasteiger partial charge in [-0.3, -0.25) is 9.69 Å². The number of nitriles is 1. The zero-order valence-corrected chi connectivity index (χ0v) is 15.1. The highest BCUT2D eigenvalue weighted by atomic mass is 16.5. The van der Waals surface area contributed by atoms with E-state index in [9.17, 15) is 10.1 Å². The summed E-state index contributed by atoms with van der Waals surface area (Å²) < 4.78 is 5.86. The van der Waals surface area contributed by atoms with Gasteiger partial charge in [-0.25, -0.2) is 0 Å². The fourth-order valence-electron chi connectivity index (χ4n) is 3.51. The molecule has 0 aromatic heterocycles. The SMILES string of the molecule is N#Cc1cc(COc2ccc(CN3CC(C(=O)O)C3)cc2)ccc1C1CC1. The van der Waals surface area contributed by atoms with E-state index in [0.717, 1.165) is 29.0 Å². The van der Waals surface area contributed by atoms with Gasteiger partial charge in [0.15, 0.2) is 0 Å². The summed E-state index contributed by atoms with van der Waals surface area (Å²) in [5, 5.41) is 18.3. The number of aliphatic carboxylic acids is 1. The molecular formula is C22H22N2O3. The Bertz CT molecular complexity index is 875. The highest BCUT2D eigenvalue weighted by Gasteiger charge is 2.32. The number of carboxylic acid groups (broad SMARTS) is 1. The number of carbonyl (C=O) groups is 1. The monoisotopic (exact) mass is 362 g/mol. The number of carboxylic acids is 1. The third-order valence-corrected chi connectivity index (χ3v) is 5.30. The first-order valence-electron chi connectivity index (χ1n) is 9.32. The average Bonchev–Trinajstić information content (AvgIpc) is 3.48. The van der Waals surface area contributed by atoms with Crippen LogP contribution in [0, 0.1) is 17.2 Å². The van der Waals surface area contributed by atoms with Crippen LogP contribution in [0.15, 0.2) is 42.5 Å². The summed E-state index contributed by atoms with van der Waals surface area (Å²) >= 11 is 0. The molecule has 5 nitrogen and oxygen atoms in total. The normalized spacial score (nSPS) is 17.1. The van der Waals surface area contributed by atoms with Crippen LogP contribution in [0.2, 0.25) is 0 Å². The zero-order chi connectivity index (χ0) is 18.8. The van der Waals surface area contributed by atoms with Crippen LogP contribution >= 0.6 is 0 Å². The Kier molecular flexibility index (Phi) is 4.83. The van der Waals surface area contributed by atoms with Crippen molar-refractivity contribution in [2.45, 2.75) is 31.9 Å². The van der Waals surface area contributed by atoms with Gasteiger partial charge in [-0.05, 0) is 53.6 Å². The minimum Gasteiger partial charge on any atom is -0.489 e.